The number of nitrogens with zero attached hydrogens (tertiary/aromatic N) is 1. The van der Waals surface area contributed by atoms with E-state index in [9.17, 15) is 4.79 Å². The molecule has 0 aromatic carbocycles. The summed E-state index contributed by atoms with van der Waals surface area (Å²) >= 11 is 0. The highest BCUT2D eigenvalue weighted by atomic mass is 16.5. The Morgan fingerprint density at radius 1 is 1.47 bits per heavy atom. The van der Waals surface area contributed by atoms with Gasteiger partial charge in [0.25, 0.3) is 0 Å². The number of nitrogen functional groups attached to an aromatic ring is 1. The number of nitrogens with two attached hydrogens (primary N) is 1. The van der Waals surface area contributed by atoms with Crippen LogP contribution in [0.4, 0.5) is 11.5 Å². The lowest BCUT2D eigenvalue weighted by molar-refractivity contribution is 0.0602. The summed E-state index contributed by atoms with van der Waals surface area (Å²) in [4.78, 5) is 15.6. The number of ether oxygens (including phenoxy) is 1. The third-order valence-corrected chi connectivity index (χ3v) is 2.85. The van der Waals surface area contributed by atoms with Crippen LogP contribution in [0.15, 0.2) is 12.3 Å². The first kappa shape index (κ1) is 15.3. The number of hydrogen-bond donors (Lipinski definition) is 2. The molecule has 0 aliphatic carbocycles. The Balaban J connectivity index is 2.55. The minimum Gasteiger partial charge on any atom is -0.465 e. The first-order chi connectivity index (χ1) is 9.04. The fourth-order valence-electron chi connectivity index (χ4n) is 1.79. The first-order valence-electron chi connectivity index (χ1n) is 6.62. The fraction of sp³-hybridized carbons (Fsp3) is 0.571. The fourth-order valence-corrected chi connectivity index (χ4v) is 1.79. The summed E-state index contributed by atoms with van der Waals surface area (Å²) in [7, 11) is 1.35. The van der Waals surface area contributed by atoms with Crippen molar-refractivity contribution in [1.29, 1.82) is 0 Å². The Hall–Kier alpha value is -1.78. The minimum absolute atomic E-state index is 0.311. The predicted molar refractivity (Wildman–Crippen MR) is 77.2 cm³/mol. The van der Waals surface area contributed by atoms with Crippen molar-refractivity contribution >= 4 is 17.5 Å². The Labute approximate surface area is 114 Å². The number of esters is 1. The minimum atomic E-state index is -0.404. The van der Waals surface area contributed by atoms with Gasteiger partial charge in [0, 0.05) is 6.54 Å². The predicted octanol–water partition coefficient (Wildman–Crippen LogP) is 2.69. The van der Waals surface area contributed by atoms with E-state index in [2.05, 4.69) is 24.1 Å². The number of aromatic nitrogens is 1. The highest BCUT2D eigenvalue weighted by Gasteiger charge is 2.12. The summed E-state index contributed by atoms with van der Waals surface area (Å²) in [6, 6.07) is 1.53. The molecule has 0 aliphatic heterocycles. The van der Waals surface area contributed by atoms with Crippen LogP contribution >= 0.6 is 0 Å². The molecule has 3 N–H and O–H groups in total. The van der Waals surface area contributed by atoms with Gasteiger partial charge in [-0.2, -0.15) is 0 Å². The standard InChI is InChI=1S/C14H23N3O2/c1-10(2)6-4-5-7-16-12-9-17-13(15)8-11(12)14(18)19-3/h8-10,16H,4-7H2,1-3H3,(H2,15,17). The van der Waals surface area contributed by atoms with Gasteiger partial charge in [-0.15, -0.1) is 0 Å². The third kappa shape index (κ3) is 5.16. The zero-order valence-corrected chi connectivity index (χ0v) is 11.9. The van der Waals surface area contributed by atoms with Gasteiger partial charge in [-0.1, -0.05) is 26.7 Å². The van der Waals surface area contributed by atoms with Crippen molar-refractivity contribution in [3.05, 3.63) is 17.8 Å². The van der Waals surface area contributed by atoms with Crippen LogP contribution in [0.25, 0.3) is 0 Å². The highest BCUT2D eigenvalue weighted by Crippen LogP contribution is 2.18. The summed E-state index contributed by atoms with van der Waals surface area (Å²) in [6.45, 7) is 5.24. The number of pyridine rings is 1. The maximum atomic E-state index is 11.6. The van der Waals surface area contributed by atoms with E-state index >= 15 is 0 Å². The Kier molecular flexibility index (Phi) is 6.12. The van der Waals surface area contributed by atoms with Gasteiger partial charge in [0.1, 0.15) is 5.82 Å². The largest absolute Gasteiger partial charge is 0.465 e. The van der Waals surface area contributed by atoms with Crippen LogP contribution < -0.4 is 11.1 Å². The molecule has 5 nitrogen and oxygen atoms in total. The molecule has 0 saturated carbocycles. The second-order valence-corrected chi connectivity index (χ2v) is 4.96. The molecule has 0 radical (unpaired) electrons. The molecule has 0 fully saturated rings. The zero-order chi connectivity index (χ0) is 14.3. The molecule has 1 aromatic heterocycles. The Bertz CT molecular complexity index is 419. The van der Waals surface area contributed by atoms with Crippen molar-refractivity contribution in [3.8, 4) is 0 Å². The molecule has 1 heterocycles. The molecule has 1 rings (SSSR count). The number of carbonyl (C=O) groups is 1. The van der Waals surface area contributed by atoms with Crippen LogP contribution in [0.2, 0.25) is 0 Å². The lowest BCUT2D eigenvalue weighted by Crippen LogP contribution is -2.11. The SMILES string of the molecule is COC(=O)c1cc(N)ncc1NCCCCC(C)C. The van der Waals surface area contributed by atoms with Crippen molar-refractivity contribution in [2.75, 3.05) is 24.7 Å². The van der Waals surface area contributed by atoms with E-state index in [1.807, 2.05) is 0 Å². The van der Waals surface area contributed by atoms with Crippen molar-refractivity contribution < 1.29 is 9.53 Å². The smallest absolute Gasteiger partial charge is 0.340 e. The molecule has 0 atom stereocenters. The summed E-state index contributed by atoms with van der Waals surface area (Å²) in [5, 5.41) is 3.21. The average Bonchev–Trinajstić information content (AvgIpc) is 2.38. The van der Waals surface area contributed by atoms with E-state index < -0.39 is 5.97 Å². The molecule has 0 bridgehead atoms. The lowest BCUT2D eigenvalue weighted by atomic mass is 10.1. The van der Waals surface area contributed by atoms with Crippen LogP contribution in [0.3, 0.4) is 0 Å². The second-order valence-electron chi connectivity index (χ2n) is 4.96. The second kappa shape index (κ2) is 7.61. The van der Waals surface area contributed by atoms with Crippen LogP contribution in [0.5, 0.6) is 0 Å². The van der Waals surface area contributed by atoms with Gasteiger partial charge in [0.05, 0.1) is 24.6 Å². The summed E-state index contributed by atoms with van der Waals surface area (Å²) in [6.07, 6.45) is 5.01. The van der Waals surface area contributed by atoms with E-state index in [4.69, 9.17) is 10.5 Å². The summed E-state index contributed by atoms with van der Waals surface area (Å²) in [5.41, 5.74) is 6.68. The molecule has 0 amide bonds. The van der Waals surface area contributed by atoms with Gasteiger partial charge in [-0.05, 0) is 18.4 Å². The number of rotatable bonds is 7. The molecule has 0 unspecified atom stereocenters. The number of unbranched alkanes of at least 4 members (excludes halogenated alkanes) is 1. The number of anilines is 2. The van der Waals surface area contributed by atoms with E-state index in [1.54, 1.807) is 6.20 Å². The van der Waals surface area contributed by atoms with Gasteiger partial charge in [0.2, 0.25) is 0 Å². The molecule has 0 saturated heterocycles. The third-order valence-electron chi connectivity index (χ3n) is 2.85. The molecular formula is C14H23N3O2. The summed E-state index contributed by atoms with van der Waals surface area (Å²) in [5.74, 6) is 0.633. The monoisotopic (exact) mass is 265 g/mol. The van der Waals surface area contributed by atoms with Crippen LogP contribution in [-0.2, 0) is 4.74 Å². The van der Waals surface area contributed by atoms with E-state index in [0.29, 0.717) is 17.1 Å². The molecule has 106 valence electrons. The molecule has 0 aliphatic rings. The molecular weight excluding hydrogens is 242 g/mol. The van der Waals surface area contributed by atoms with Crippen molar-refractivity contribution in [2.45, 2.75) is 33.1 Å². The zero-order valence-electron chi connectivity index (χ0n) is 11.9. The van der Waals surface area contributed by atoms with Gasteiger partial charge < -0.3 is 15.8 Å². The van der Waals surface area contributed by atoms with E-state index in [1.165, 1.54) is 26.0 Å². The number of hydrogen-bond acceptors (Lipinski definition) is 5. The quantitative estimate of drug-likeness (QED) is 0.585. The average molecular weight is 265 g/mol. The number of nitrogens with one attached hydrogen (secondary N) is 1. The number of carbonyl (C=O) groups excluding carboxylic acids is 1. The van der Waals surface area contributed by atoms with Gasteiger partial charge in [-0.3, -0.25) is 0 Å². The van der Waals surface area contributed by atoms with Gasteiger partial charge in [-0.25, -0.2) is 9.78 Å². The number of methoxy groups -OCH3 is 1. The molecule has 0 spiro atoms. The first-order valence-corrected chi connectivity index (χ1v) is 6.62. The van der Waals surface area contributed by atoms with E-state index in [-0.39, 0.29) is 0 Å². The van der Waals surface area contributed by atoms with Crippen LogP contribution in [0, 0.1) is 5.92 Å². The molecule has 5 heteroatoms. The highest BCUT2D eigenvalue weighted by molar-refractivity contribution is 5.96. The molecule has 19 heavy (non-hydrogen) atoms. The van der Waals surface area contributed by atoms with E-state index in [0.717, 1.165) is 18.9 Å². The summed E-state index contributed by atoms with van der Waals surface area (Å²) < 4.78 is 4.73. The van der Waals surface area contributed by atoms with Gasteiger partial charge in [0.15, 0.2) is 0 Å². The maximum Gasteiger partial charge on any atom is 0.340 e. The van der Waals surface area contributed by atoms with Crippen molar-refractivity contribution in [2.24, 2.45) is 5.92 Å². The van der Waals surface area contributed by atoms with Gasteiger partial charge >= 0.3 is 5.97 Å². The topological polar surface area (TPSA) is 77.2 Å². The van der Waals surface area contributed by atoms with Crippen LogP contribution in [0.1, 0.15) is 43.5 Å². The maximum absolute atomic E-state index is 11.6. The Morgan fingerprint density at radius 3 is 2.84 bits per heavy atom. The molecule has 1 aromatic rings. The van der Waals surface area contributed by atoms with Crippen LogP contribution in [-0.4, -0.2) is 24.6 Å². The van der Waals surface area contributed by atoms with Crippen molar-refractivity contribution in [3.63, 3.8) is 0 Å². The Morgan fingerprint density at radius 2 is 2.21 bits per heavy atom. The normalized spacial score (nSPS) is 10.5. The van der Waals surface area contributed by atoms with Crippen molar-refractivity contribution in [1.82, 2.24) is 4.98 Å². The lowest BCUT2D eigenvalue weighted by Gasteiger charge is -2.11.